The maximum absolute atomic E-state index is 12.7. The standard InChI is InChI=1S/C15H23BrN4O/c16-13-9-18-20(10-12-2-1-3-12)15(21)14(13)19-6-4-11(8-17)5-7-19/h9,11-12H,1-8,10,17H2. The number of aromatic nitrogens is 2. The predicted molar refractivity (Wildman–Crippen MR) is 87.5 cm³/mol. The lowest BCUT2D eigenvalue weighted by molar-refractivity contribution is 0.261. The van der Waals surface area contributed by atoms with Gasteiger partial charge in [0.05, 0.1) is 10.7 Å². The van der Waals surface area contributed by atoms with Crippen molar-refractivity contribution in [3.05, 3.63) is 21.0 Å². The highest BCUT2D eigenvalue weighted by molar-refractivity contribution is 9.10. The topological polar surface area (TPSA) is 64.2 Å². The molecular formula is C15H23BrN4O. The molecule has 0 radical (unpaired) electrons. The van der Waals surface area contributed by atoms with E-state index in [0.29, 0.717) is 11.8 Å². The molecule has 116 valence electrons. The minimum absolute atomic E-state index is 0.0440. The molecule has 2 fully saturated rings. The number of piperidine rings is 1. The molecule has 0 bridgehead atoms. The first kappa shape index (κ1) is 15.0. The predicted octanol–water partition coefficient (Wildman–Crippen LogP) is 1.98. The van der Waals surface area contributed by atoms with Crippen LogP contribution >= 0.6 is 15.9 Å². The molecule has 2 aliphatic rings. The Bertz CT molecular complexity index is 547. The second-order valence-corrected chi connectivity index (χ2v) is 7.15. The fourth-order valence-corrected chi connectivity index (χ4v) is 3.70. The van der Waals surface area contributed by atoms with Crippen LogP contribution in [-0.4, -0.2) is 29.4 Å². The fraction of sp³-hybridized carbons (Fsp3) is 0.733. The largest absolute Gasteiger partial charge is 0.366 e. The third kappa shape index (κ3) is 3.16. The highest BCUT2D eigenvalue weighted by Crippen LogP contribution is 2.29. The van der Waals surface area contributed by atoms with Gasteiger partial charge in [-0.1, -0.05) is 6.42 Å². The van der Waals surface area contributed by atoms with Crippen molar-refractivity contribution in [1.29, 1.82) is 0 Å². The van der Waals surface area contributed by atoms with Gasteiger partial charge in [-0.05, 0) is 60.0 Å². The lowest BCUT2D eigenvalue weighted by Crippen LogP contribution is -2.41. The van der Waals surface area contributed by atoms with E-state index in [0.717, 1.165) is 49.2 Å². The van der Waals surface area contributed by atoms with Crippen molar-refractivity contribution in [3.8, 4) is 0 Å². The summed E-state index contributed by atoms with van der Waals surface area (Å²) in [6.07, 6.45) is 7.63. The number of nitrogens with zero attached hydrogens (tertiary/aromatic N) is 3. The summed E-state index contributed by atoms with van der Waals surface area (Å²) in [5, 5.41) is 4.30. The van der Waals surface area contributed by atoms with Gasteiger partial charge in [-0.3, -0.25) is 4.79 Å². The maximum atomic E-state index is 12.7. The van der Waals surface area contributed by atoms with Crippen molar-refractivity contribution >= 4 is 21.6 Å². The summed E-state index contributed by atoms with van der Waals surface area (Å²) in [7, 11) is 0. The van der Waals surface area contributed by atoms with Crippen molar-refractivity contribution in [3.63, 3.8) is 0 Å². The van der Waals surface area contributed by atoms with Crippen LogP contribution in [0.25, 0.3) is 0 Å². The van der Waals surface area contributed by atoms with Crippen LogP contribution in [0.2, 0.25) is 0 Å². The molecule has 1 saturated heterocycles. The molecule has 0 amide bonds. The lowest BCUT2D eigenvalue weighted by atomic mass is 9.85. The van der Waals surface area contributed by atoms with Gasteiger partial charge in [-0.15, -0.1) is 0 Å². The third-order valence-corrected chi connectivity index (χ3v) is 5.47. The summed E-state index contributed by atoms with van der Waals surface area (Å²) in [5.41, 5.74) is 6.57. The molecule has 0 atom stereocenters. The van der Waals surface area contributed by atoms with Gasteiger partial charge in [0.25, 0.3) is 5.56 Å². The zero-order valence-corrected chi connectivity index (χ0v) is 13.9. The zero-order valence-electron chi connectivity index (χ0n) is 12.3. The van der Waals surface area contributed by atoms with Crippen LogP contribution in [0.4, 0.5) is 5.69 Å². The monoisotopic (exact) mass is 354 g/mol. The normalized spacial score (nSPS) is 20.6. The van der Waals surface area contributed by atoms with Crippen LogP contribution in [0.1, 0.15) is 32.1 Å². The van der Waals surface area contributed by atoms with Crippen LogP contribution in [-0.2, 0) is 6.54 Å². The quantitative estimate of drug-likeness (QED) is 0.897. The molecule has 1 saturated carbocycles. The first-order valence-corrected chi connectivity index (χ1v) is 8.69. The molecule has 1 aliphatic heterocycles. The summed E-state index contributed by atoms with van der Waals surface area (Å²) in [6.45, 7) is 3.32. The average molecular weight is 355 g/mol. The molecule has 0 aromatic carbocycles. The van der Waals surface area contributed by atoms with E-state index in [1.807, 2.05) is 0 Å². The Labute approximate surface area is 133 Å². The molecule has 1 aromatic rings. The van der Waals surface area contributed by atoms with Crippen LogP contribution in [0, 0.1) is 11.8 Å². The second kappa shape index (κ2) is 6.48. The molecule has 0 unspecified atom stereocenters. The van der Waals surface area contributed by atoms with E-state index in [1.54, 1.807) is 10.9 Å². The highest BCUT2D eigenvalue weighted by Gasteiger charge is 2.24. The minimum atomic E-state index is 0.0440. The Balaban J connectivity index is 1.80. The first-order valence-electron chi connectivity index (χ1n) is 7.89. The molecule has 1 aliphatic carbocycles. The Morgan fingerprint density at radius 3 is 2.52 bits per heavy atom. The smallest absolute Gasteiger partial charge is 0.291 e. The van der Waals surface area contributed by atoms with E-state index < -0.39 is 0 Å². The molecule has 1 aromatic heterocycles. The van der Waals surface area contributed by atoms with E-state index in [9.17, 15) is 4.79 Å². The van der Waals surface area contributed by atoms with Crippen molar-refractivity contribution in [1.82, 2.24) is 9.78 Å². The van der Waals surface area contributed by atoms with E-state index in [-0.39, 0.29) is 5.56 Å². The lowest BCUT2D eigenvalue weighted by Gasteiger charge is -2.33. The van der Waals surface area contributed by atoms with Gasteiger partial charge in [-0.25, -0.2) is 4.68 Å². The number of anilines is 1. The summed E-state index contributed by atoms with van der Waals surface area (Å²) in [5.74, 6) is 1.23. The van der Waals surface area contributed by atoms with Crippen molar-refractivity contribution in [2.45, 2.75) is 38.6 Å². The van der Waals surface area contributed by atoms with Crippen molar-refractivity contribution < 1.29 is 0 Å². The van der Waals surface area contributed by atoms with E-state index in [1.165, 1.54) is 19.3 Å². The van der Waals surface area contributed by atoms with Crippen LogP contribution < -0.4 is 16.2 Å². The zero-order chi connectivity index (χ0) is 14.8. The van der Waals surface area contributed by atoms with Crippen LogP contribution in [0.15, 0.2) is 15.5 Å². The van der Waals surface area contributed by atoms with Gasteiger partial charge in [-0.2, -0.15) is 5.10 Å². The molecular weight excluding hydrogens is 332 g/mol. The van der Waals surface area contributed by atoms with Crippen molar-refractivity contribution in [2.24, 2.45) is 17.6 Å². The van der Waals surface area contributed by atoms with Crippen LogP contribution in [0.3, 0.4) is 0 Å². The molecule has 21 heavy (non-hydrogen) atoms. The Morgan fingerprint density at radius 2 is 1.95 bits per heavy atom. The summed E-state index contributed by atoms with van der Waals surface area (Å²) in [6, 6.07) is 0. The minimum Gasteiger partial charge on any atom is -0.366 e. The molecule has 6 heteroatoms. The Hall–Kier alpha value is -0.880. The number of rotatable bonds is 4. The first-order chi connectivity index (χ1) is 10.2. The SMILES string of the molecule is NCC1CCN(c2c(Br)cnn(CC3CCC3)c2=O)CC1. The van der Waals surface area contributed by atoms with Gasteiger partial charge in [0.1, 0.15) is 5.69 Å². The highest BCUT2D eigenvalue weighted by atomic mass is 79.9. The van der Waals surface area contributed by atoms with Gasteiger partial charge in [0.2, 0.25) is 0 Å². The number of halogens is 1. The van der Waals surface area contributed by atoms with E-state index in [4.69, 9.17) is 5.73 Å². The summed E-state index contributed by atoms with van der Waals surface area (Å²) in [4.78, 5) is 14.9. The second-order valence-electron chi connectivity index (χ2n) is 6.29. The maximum Gasteiger partial charge on any atom is 0.291 e. The summed E-state index contributed by atoms with van der Waals surface area (Å²) >= 11 is 3.50. The molecule has 0 spiro atoms. The van der Waals surface area contributed by atoms with Crippen LogP contribution in [0.5, 0.6) is 0 Å². The van der Waals surface area contributed by atoms with Gasteiger partial charge < -0.3 is 10.6 Å². The average Bonchev–Trinajstić information content (AvgIpc) is 2.45. The van der Waals surface area contributed by atoms with E-state index in [2.05, 4.69) is 25.9 Å². The molecule has 2 heterocycles. The molecule has 5 nitrogen and oxygen atoms in total. The number of nitrogens with two attached hydrogens (primary N) is 1. The van der Waals surface area contributed by atoms with E-state index >= 15 is 0 Å². The Kier molecular flexibility index (Phi) is 4.64. The fourth-order valence-electron chi connectivity index (χ4n) is 3.19. The van der Waals surface area contributed by atoms with Gasteiger partial charge >= 0.3 is 0 Å². The number of hydrogen-bond acceptors (Lipinski definition) is 4. The Morgan fingerprint density at radius 1 is 1.24 bits per heavy atom. The van der Waals surface area contributed by atoms with Crippen molar-refractivity contribution in [2.75, 3.05) is 24.5 Å². The molecule has 3 rings (SSSR count). The van der Waals surface area contributed by atoms with Gasteiger partial charge in [0, 0.05) is 19.6 Å². The third-order valence-electron chi connectivity index (χ3n) is 4.89. The van der Waals surface area contributed by atoms with Gasteiger partial charge in [0.15, 0.2) is 0 Å². The number of hydrogen-bond donors (Lipinski definition) is 1. The summed E-state index contributed by atoms with van der Waals surface area (Å²) < 4.78 is 2.46. The molecule has 2 N–H and O–H groups in total.